The van der Waals surface area contributed by atoms with Crippen molar-refractivity contribution in [3.63, 3.8) is 0 Å². The number of nitrogens with two attached hydrogens (primary N) is 1. The minimum Gasteiger partial charge on any atom is -0.486 e. The zero-order valence-electron chi connectivity index (χ0n) is 8.84. The molecule has 0 saturated carbocycles. The second-order valence-corrected chi connectivity index (χ2v) is 4.58. The summed E-state index contributed by atoms with van der Waals surface area (Å²) in [5.41, 5.74) is 6.33. The van der Waals surface area contributed by atoms with Crippen LogP contribution in [0.5, 0.6) is 11.5 Å². The molecule has 3 nitrogen and oxygen atoms in total. The fourth-order valence-electron chi connectivity index (χ4n) is 1.69. The number of fused-ring (bicyclic) bond motifs is 1. The van der Waals surface area contributed by atoms with Crippen molar-refractivity contribution < 1.29 is 9.47 Å². The van der Waals surface area contributed by atoms with Gasteiger partial charge in [-0.05, 0) is 26.0 Å². The van der Waals surface area contributed by atoms with Gasteiger partial charge in [0.2, 0.25) is 0 Å². The zero-order chi connectivity index (χ0) is 11.1. The number of hydrogen-bond donors (Lipinski definition) is 1. The van der Waals surface area contributed by atoms with Crippen LogP contribution in [-0.2, 0) is 5.54 Å². The molecule has 0 aromatic heterocycles. The molecule has 1 heterocycles. The second-order valence-electron chi connectivity index (χ2n) is 4.17. The van der Waals surface area contributed by atoms with Crippen molar-refractivity contribution in [3.8, 4) is 11.5 Å². The normalized spacial score (nSPS) is 15.2. The Bertz CT molecular complexity index is 385. The van der Waals surface area contributed by atoms with Crippen LogP contribution in [-0.4, -0.2) is 13.2 Å². The quantitative estimate of drug-likeness (QED) is 0.801. The molecule has 4 heteroatoms. The predicted octanol–water partition coefficient (Wildman–Crippen LogP) is 2.30. The van der Waals surface area contributed by atoms with Crippen LogP contribution in [0.2, 0.25) is 5.02 Å². The van der Waals surface area contributed by atoms with Crippen LogP contribution in [0.1, 0.15) is 19.4 Å². The van der Waals surface area contributed by atoms with Crippen molar-refractivity contribution in [2.45, 2.75) is 19.4 Å². The van der Waals surface area contributed by atoms with Crippen LogP contribution in [0.4, 0.5) is 0 Å². The number of ether oxygens (including phenoxy) is 2. The summed E-state index contributed by atoms with van der Waals surface area (Å²) in [7, 11) is 0. The molecule has 2 rings (SSSR count). The maximum Gasteiger partial charge on any atom is 0.167 e. The van der Waals surface area contributed by atoms with E-state index in [1.807, 2.05) is 19.9 Å². The number of rotatable bonds is 1. The molecule has 0 spiro atoms. The largest absolute Gasteiger partial charge is 0.486 e. The molecule has 0 aliphatic carbocycles. The molecular weight excluding hydrogens is 214 g/mol. The number of hydrogen-bond acceptors (Lipinski definition) is 3. The van der Waals surface area contributed by atoms with Crippen molar-refractivity contribution in [2.75, 3.05) is 13.2 Å². The first-order chi connectivity index (χ1) is 7.00. The Kier molecular flexibility index (Phi) is 2.52. The molecule has 0 amide bonds. The van der Waals surface area contributed by atoms with Crippen molar-refractivity contribution >= 4 is 11.6 Å². The first-order valence-corrected chi connectivity index (χ1v) is 5.25. The highest BCUT2D eigenvalue weighted by atomic mass is 35.5. The van der Waals surface area contributed by atoms with Crippen molar-refractivity contribution in [3.05, 3.63) is 22.7 Å². The van der Waals surface area contributed by atoms with E-state index in [2.05, 4.69) is 0 Å². The van der Waals surface area contributed by atoms with E-state index < -0.39 is 5.54 Å². The highest BCUT2D eigenvalue weighted by molar-refractivity contribution is 6.31. The monoisotopic (exact) mass is 227 g/mol. The summed E-state index contributed by atoms with van der Waals surface area (Å²) in [6.45, 7) is 4.90. The van der Waals surface area contributed by atoms with Crippen LogP contribution in [0.25, 0.3) is 0 Å². The summed E-state index contributed by atoms with van der Waals surface area (Å²) >= 11 is 6.13. The van der Waals surface area contributed by atoms with Gasteiger partial charge in [-0.1, -0.05) is 11.6 Å². The second kappa shape index (κ2) is 3.58. The molecular formula is C11H14ClNO2. The summed E-state index contributed by atoms with van der Waals surface area (Å²) in [5, 5.41) is 0.617. The lowest BCUT2D eigenvalue weighted by Gasteiger charge is -2.28. The third-order valence-corrected chi connectivity index (χ3v) is 2.62. The van der Waals surface area contributed by atoms with Gasteiger partial charge in [0.05, 0.1) is 0 Å². The predicted molar refractivity (Wildman–Crippen MR) is 59.7 cm³/mol. The van der Waals surface area contributed by atoms with E-state index in [1.54, 1.807) is 6.07 Å². The van der Waals surface area contributed by atoms with Gasteiger partial charge in [0.1, 0.15) is 13.2 Å². The first kappa shape index (κ1) is 10.6. The van der Waals surface area contributed by atoms with Crippen LogP contribution in [0.15, 0.2) is 12.1 Å². The number of halogens is 1. The smallest absolute Gasteiger partial charge is 0.167 e. The lowest BCUT2D eigenvalue weighted by Crippen LogP contribution is -2.31. The molecule has 0 unspecified atom stereocenters. The summed E-state index contributed by atoms with van der Waals surface area (Å²) < 4.78 is 11.0. The minimum absolute atomic E-state index is 0.538. The highest BCUT2D eigenvalue weighted by Crippen LogP contribution is 2.42. The molecule has 0 atom stereocenters. The van der Waals surface area contributed by atoms with E-state index in [-0.39, 0.29) is 0 Å². The fraction of sp³-hybridized carbons (Fsp3) is 0.455. The SMILES string of the molecule is CC(C)(N)c1c(Cl)ccc2c1OCCO2. The van der Waals surface area contributed by atoms with Crippen LogP contribution < -0.4 is 15.2 Å². The average molecular weight is 228 g/mol. The Morgan fingerprint density at radius 1 is 1.27 bits per heavy atom. The van der Waals surface area contributed by atoms with Gasteiger partial charge in [-0.15, -0.1) is 0 Å². The molecule has 82 valence electrons. The first-order valence-electron chi connectivity index (χ1n) is 4.87. The topological polar surface area (TPSA) is 44.5 Å². The molecule has 1 aromatic rings. The molecule has 0 bridgehead atoms. The third-order valence-electron chi connectivity index (χ3n) is 2.30. The van der Waals surface area contributed by atoms with Gasteiger partial charge >= 0.3 is 0 Å². The van der Waals surface area contributed by atoms with Gasteiger partial charge in [0.25, 0.3) is 0 Å². The van der Waals surface area contributed by atoms with E-state index in [0.29, 0.717) is 24.0 Å². The van der Waals surface area contributed by atoms with Gasteiger partial charge in [0, 0.05) is 16.1 Å². The van der Waals surface area contributed by atoms with Gasteiger partial charge in [-0.25, -0.2) is 0 Å². The summed E-state index contributed by atoms with van der Waals surface area (Å²) in [6.07, 6.45) is 0. The van der Waals surface area contributed by atoms with Gasteiger partial charge < -0.3 is 15.2 Å². The summed E-state index contributed by atoms with van der Waals surface area (Å²) in [5.74, 6) is 1.40. The Morgan fingerprint density at radius 2 is 1.93 bits per heavy atom. The van der Waals surface area contributed by atoms with Crippen LogP contribution in [0, 0.1) is 0 Å². The van der Waals surface area contributed by atoms with E-state index in [0.717, 1.165) is 11.3 Å². The Balaban J connectivity index is 2.60. The molecule has 0 fully saturated rings. The average Bonchev–Trinajstić information content (AvgIpc) is 2.15. The van der Waals surface area contributed by atoms with Crippen molar-refractivity contribution in [1.29, 1.82) is 0 Å². The molecule has 0 saturated heterocycles. The lowest BCUT2D eigenvalue weighted by atomic mass is 9.94. The van der Waals surface area contributed by atoms with Crippen molar-refractivity contribution in [1.82, 2.24) is 0 Å². The van der Waals surface area contributed by atoms with E-state index in [4.69, 9.17) is 26.8 Å². The van der Waals surface area contributed by atoms with Gasteiger partial charge in [-0.2, -0.15) is 0 Å². The maximum absolute atomic E-state index is 6.13. The number of benzene rings is 1. The van der Waals surface area contributed by atoms with Crippen LogP contribution in [0.3, 0.4) is 0 Å². The van der Waals surface area contributed by atoms with Crippen molar-refractivity contribution in [2.24, 2.45) is 5.73 Å². The summed E-state index contributed by atoms with van der Waals surface area (Å²) in [6, 6.07) is 3.60. The fourth-order valence-corrected chi connectivity index (χ4v) is 2.08. The maximum atomic E-state index is 6.13. The molecule has 15 heavy (non-hydrogen) atoms. The molecule has 1 aromatic carbocycles. The Labute approximate surface area is 94.1 Å². The molecule has 2 N–H and O–H groups in total. The van der Waals surface area contributed by atoms with E-state index >= 15 is 0 Å². The molecule has 1 aliphatic heterocycles. The van der Waals surface area contributed by atoms with Gasteiger partial charge in [-0.3, -0.25) is 0 Å². The minimum atomic E-state index is -0.539. The van der Waals surface area contributed by atoms with E-state index in [1.165, 1.54) is 0 Å². The third kappa shape index (κ3) is 1.90. The summed E-state index contributed by atoms with van der Waals surface area (Å²) in [4.78, 5) is 0. The highest BCUT2D eigenvalue weighted by Gasteiger charge is 2.27. The van der Waals surface area contributed by atoms with Crippen LogP contribution >= 0.6 is 11.6 Å². The Morgan fingerprint density at radius 3 is 2.60 bits per heavy atom. The zero-order valence-corrected chi connectivity index (χ0v) is 9.60. The lowest BCUT2D eigenvalue weighted by molar-refractivity contribution is 0.167. The molecule has 0 radical (unpaired) electrons. The van der Waals surface area contributed by atoms with Gasteiger partial charge in [0.15, 0.2) is 11.5 Å². The Hall–Kier alpha value is -0.930. The standard InChI is InChI=1S/C11H14ClNO2/c1-11(2,13)9-7(12)3-4-8-10(9)15-6-5-14-8/h3-4H,5-6,13H2,1-2H3. The van der Waals surface area contributed by atoms with E-state index in [9.17, 15) is 0 Å². The molecule has 1 aliphatic rings.